The number of halogens is 3. The molecule has 8 heteroatoms. The summed E-state index contributed by atoms with van der Waals surface area (Å²) in [7, 11) is 1.66. The number of ether oxygens (including phenoxy) is 2. The van der Waals surface area contributed by atoms with Crippen molar-refractivity contribution in [2.45, 2.75) is 32.2 Å². The molecule has 0 bridgehead atoms. The average Bonchev–Trinajstić information content (AvgIpc) is 3.00. The van der Waals surface area contributed by atoms with E-state index in [1.807, 2.05) is 0 Å². The smallest absolute Gasteiger partial charge is 0.416 e. The standard InChI is InChI=1S/C19H23F3N2O3/c1-13-17(12-24-7-9-26-16(11-24)6-8-25-2)23-18(27-13)14-4-3-5-15(10-14)19(20,21)22/h3-5,10,16H,6-9,11-12H2,1-2H3. The van der Waals surface area contributed by atoms with Gasteiger partial charge in [0.05, 0.1) is 24.0 Å². The third kappa shape index (κ3) is 5.09. The lowest BCUT2D eigenvalue weighted by molar-refractivity contribution is -0.137. The molecule has 1 aliphatic heterocycles. The van der Waals surface area contributed by atoms with Crippen LogP contribution < -0.4 is 0 Å². The minimum Gasteiger partial charge on any atom is -0.441 e. The summed E-state index contributed by atoms with van der Waals surface area (Å²) >= 11 is 0. The van der Waals surface area contributed by atoms with Crippen LogP contribution in [0.3, 0.4) is 0 Å². The highest BCUT2D eigenvalue weighted by Gasteiger charge is 2.31. The average molecular weight is 384 g/mol. The van der Waals surface area contributed by atoms with Gasteiger partial charge in [-0.15, -0.1) is 0 Å². The highest BCUT2D eigenvalue weighted by molar-refractivity contribution is 5.55. The van der Waals surface area contributed by atoms with Gasteiger partial charge in [-0.25, -0.2) is 4.98 Å². The molecule has 1 fully saturated rings. The number of rotatable bonds is 6. The van der Waals surface area contributed by atoms with Gasteiger partial charge in [0.1, 0.15) is 5.76 Å². The van der Waals surface area contributed by atoms with Crippen molar-refractivity contribution < 1.29 is 27.1 Å². The molecule has 0 N–H and O–H groups in total. The second-order valence-electron chi connectivity index (χ2n) is 6.61. The van der Waals surface area contributed by atoms with Crippen LogP contribution in [0.1, 0.15) is 23.4 Å². The second-order valence-corrected chi connectivity index (χ2v) is 6.61. The van der Waals surface area contributed by atoms with Crippen LogP contribution in [0.5, 0.6) is 0 Å². The first-order valence-electron chi connectivity index (χ1n) is 8.83. The number of hydrogen-bond donors (Lipinski definition) is 0. The highest BCUT2D eigenvalue weighted by atomic mass is 19.4. The number of nitrogens with zero attached hydrogens (tertiary/aromatic N) is 2. The lowest BCUT2D eigenvalue weighted by Crippen LogP contribution is -2.42. The van der Waals surface area contributed by atoms with Crippen LogP contribution in [-0.2, 0) is 22.2 Å². The third-order valence-corrected chi connectivity index (χ3v) is 4.57. The number of benzene rings is 1. The van der Waals surface area contributed by atoms with Crippen molar-refractivity contribution in [3.05, 3.63) is 41.3 Å². The van der Waals surface area contributed by atoms with Gasteiger partial charge < -0.3 is 13.9 Å². The lowest BCUT2D eigenvalue weighted by atomic mass is 10.1. The maximum atomic E-state index is 12.9. The zero-order valence-electron chi connectivity index (χ0n) is 15.4. The van der Waals surface area contributed by atoms with Gasteiger partial charge in [0.2, 0.25) is 5.89 Å². The number of aryl methyl sites for hydroxylation is 1. The van der Waals surface area contributed by atoms with Crippen molar-refractivity contribution >= 4 is 0 Å². The molecule has 3 rings (SSSR count). The SMILES string of the molecule is COCCC1CN(Cc2nc(-c3cccc(C(F)(F)F)c3)oc2C)CCO1. The van der Waals surface area contributed by atoms with Crippen LogP contribution in [0, 0.1) is 6.92 Å². The molecule has 1 aromatic heterocycles. The Balaban J connectivity index is 1.71. The van der Waals surface area contributed by atoms with Gasteiger partial charge in [-0.05, 0) is 31.5 Å². The van der Waals surface area contributed by atoms with Crippen LogP contribution in [0.2, 0.25) is 0 Å². The number of morpholine rings is 1. The van der Waals surface area contributed by atoms with E-state index in [4.69, 9.17) is 13.9 Å². The topological polar surface area (TPSA) is 47.7 Å². The number of alkyl halides is 3. The van der Waals surface area contributed by atoms with E-state index < -0.39 is 11.7 Å². The largest absolute Gasteiger partial charge is 0.441 e. The molecule has 0 saturated carbocycles. The molecule has 0 amide bonds. The summed E-state index contributed by atoms with van der Waals surface area (Å²) in [6.45, 7) is 5.15. The van der Waals surface area contributed by atoms with Crippen molar-refractivity contribution in [2.24, 2.45) is 0 Å². The minimum absolute atomic E-state index is 0.105. The molecule has 5 nitrogen and oxygen atoms in total. The first-order valence-corrected chi connectivity index (χ1v) is 8.83. The van der Waals surface area contributed by atoms with E-state index in [9.17, 15) is 13.2 Å². The van der Waals surface area contributed by atoms with Crippen LogP contribution in [0.15, 0.2) is 28.7 Å². The van der Waals surface area contributed by atoms with Crippen LogP contribution >= 0.6 is 0 Å². The minimum atomic E-state index is -4.40. The zero-order valence-corrected chi connectivity index (χ0v) is 15.4. The van der Waals surface area contributed by atoms with Gasteiger partial charge in [-0.3, -0.25) is 4.90 Å². The molecule has 0 spiro atoms. The summed E-state index contributed by atoms with van der Waals surface area (Å²) in [6.07, 6.45) is -3.47. The Kier molecular flexibility index (Phi) is 6.18. The lowest BCUT2D eigenvalue weighted by Gasteiger charge is -2.32. The predicted molar refractivity (Wildman–Crippen MR) is 93.2 cm³/mol. The molecule has 1 atom stereocenters. The predicted octanol–water partition coefficient (Wildman–Crippen LogP) is 3.91. The monoisotopic (exact) mass is 384 g/mol. The molecule has 27 heavy (non-hydrogen) atoms. The Hall–Kier alpha value is -1.90. The molecule has 1 aliphatic rings. The first kappa shape index (κ1) is 19.9. The fourth-order valence-electron chi connectivity index (χ4n) is 3.09. The summed E-state index contributed by atoms with van der Waals surface area (Å²) < 4.78 is 55.2. The van der Waals surface area contributed by atoms with Gasteiger partial charge >= 0.3 is 6.18 Å². The second kappa shape index (κ2) is 8.41. The van der Waals surface area contributed by atoms with Crippen molar-refractivity contribution in [1.82, 2.24) is 9.88 Å². The summed E-state index contributed by atoms with van der Waals surface area (Å²) in [5.74, 6) is 0.820. The number of hydrogen-bond acceptors (Lipinski definition) is 5. The molecule has 2 heterocycles. The summed E-state index contributed by atoms with van der Waals surface area (Å²) in [5, 5.41) is 0. The maximum Gasteiger partial charge on any atom is 0.416 e. The van der Waals surface area contributed by atoms with Crippen molar-refractivity contribution in [2.75, 3.05) is 33.4 Å². The quantitative estimate of drug-likeness (QED) is 0.756. The van der Waals surface area contributed by atoms with Crippen molar-refractivity contribution in [1.29, 1.82) is 0 Å². The Morgan fingerprint density at radius 1 is 1.33 bits per heavy atom. The number of methoxy groups -OCH3 is 1. The third-order valence-electron chi connectivity index (χ3n) is 4.57. The maximum absolute atomic E-state index is 12.9. The summed E-state index contributed by atoms with van der Waals surface area (Å²) in [6, 6.07) is 5.03. The van der Waals surface area contributed by atoms with Crippen LogP contribution in [0.4, 0.5) is 13.2 Å². The highest BCUT2D eigenvalue weighted by Crippen LogP contribution is 2.32. The molecular formula is C19H23F3N2O3. The molecular weight excluding hydrogens is 361 g/mol. The zero-order chi connectivity index (χ0) is 19.4. The Morgan fingerprint density at radius 3 is 2.89 bits per heavy atom. The van der Waals surface area contributed by atoms with Crippen LogP contribution in [0.25, 0.3) is 11.5 Å². The van der Waals surface area contributed by atoms with E-state index in [1.54, 1.807) is 20.1 Å². The molecule has 0 aliphatic carbocycles. The Bertz CT molecular complexity index is 761. The molecule has 1 aromatic carbocycles. The van der Waals surface area contributed by atoms with E-state index in [1.165, 1.54) is 6.07 Å². The normalized spacial score (nSPS) is 18.8. The molecule has 1 unspecified atom stereocenters. The van der Waals surface area contributed by atoms with Gasteiger partial charge in [-0.2, -0.15) is 13.2 Å². The van der Waals surface area contributed by atoms with Crippen LogP contribution in [-0.4, -0.2) is 49.4 Å². The first-order chi connectivity index (χ1) is 12.9. The Morgan fingerprint density at radius 2 is 2.15 bits per heavy atom. The summed E-state index contributed by atoms with van der Waals surface area (Å²) in [4.78, 5) is 6.66. The molecule has 0 radical (unpaired) electrons. The van der Waals surface area contributed by atoms with Gasteiger partial charge in [-0.1, -0.05) is 6.07 Å². The number of oxazole rings is 1. The molecule has 148 valence electrons. The van der Waals surface area contributed by atoms with E-state index in [0.29, 0.717) is 31.1 Å². The van der Waals surface area contributed by atoms with E-state index in [2.05, 4.69) is 9.88 Å². The van der Waals surface area contributed by atoms with E-state index in [-0.39, 0.29) is 12.0 Å². The Labute approximate surface area is 156 Å². The van der Waals surface area contributed by atoms with Crippen molar-refractivity contribution in [3.8, 4) is 11.5 Å². The molecule has 2 aromatic rings. The van der Waals surface area contributed by atoms with Gasteiger partial charge in [0.25, 0.3) is 0 Å². The van der Waals surface area contributed by atoms with Gasteiger partial charge in [0, 0.05) is 38.9 Å². The fourth-order valence-corrected chi connectivity index (χ4v) is 3.09. The molecule has 1 saturated heterocycles. The van der Waals surface area contributed by atoms with Gasteiger partial charge in [0.15, 0.2) is 0 Å². The fraction of sp³-hybridized carbons (Fsp3) is 0.526. The van der Waals surface area contributed by atoms with E-state index >= 15 is 0 Å². The summed E-state index contributed by atoms with van der Waals surface area (Å²) in [5.41, 5.74) is 0.334. The van der Waals surface area contributed by atoms with E-state index in [0.717, 1.165) is 37.3 Å². The number of aromatic nitrogens is 1. The van der Waals surface area contributed by atoms with Crippen molar-refractivity contribution in [3.63, 3.8) is 0 Å².